The highest BCUT2D eigenvalue weighted by Gasteiger charge is 2.12. The molecule has 2 N–H and O–H groups in total. The molecule has 0 aliphatic rings. The Morgan fingerprint density at radius 1 is 1.31 bits per heavy atom. The summed E-state index contributed by atoms with van der Waals surface area (Å²) in [6.07, 6.45) is 0.267. The van der Waals surface area contributed by atoms with E-state index in [1.807, 2.05) is 0 Å². The number of halogens is 2. The van der Waals surface area contributed by atoms with E-state index in [1.165, 1.54) is 0 Å². The number of hydrogen-bond acceptors (Lipinski definition) is 2. The summed E-state index contributed by atoms with van der Waals surface area (Å²) in [4.78, 5) is 11.4. The average Bonchev–Trinajstić information content (AvgIpc) is 2.04. The Bertz CT molecular complexity index is 305. The molecule has 70 valence electrons. The zero-order chi connectivity index (χ0) is 9.84. The molecule has 1 rings (SSSR count). The zero-order valence-electron chi connectivity index (χ0n) is 6.89. The van der Waals surface area contributed by atoms with Crippen LogP contribution in [-0.2, 0) is 0 Å². The number of ketones is 1. The van der Waals surface area contributed by atoms with E-state index in [1.54, 1.807) is 18.2 Å². The number of hydrogen-bond donors (Lipinski definition) is 1. The number of carbonyl (C=O) groups is 1. The predicted molar refractivity (Wildman–Crippen MR) is 54.5 cm³/mol. The first-order valence-corrected chi connectivity index (χ1v) is 4.59. The van der Waals surface area contributed by atoms with Crippen LogP contribution in [0.1, 0.15) is 16.8 Å². The van der Waals surface area contributed by atoms with E-state index in [-0.39, 0.29) is 12.2 Å². The molecule has 13 heavy (non-hydrogen) atoms. The van der Waals surface area contributed by atoms with Gasteiger partial charge in [0, 0.05) is 6.42 Å². The summed E-state index contributed by atoms with van der Waals surface area (Å²) in [6.45, 7) is 0.306. The van der Waals surface area contributed by atoms with Gasteiger partial charge in [-0.15, -0.1) is 0 Å². The van der Waals surface area contributed by atoms with Crippen LogP contribution in [0.25, 0.3) is 0 Å². The van der Waals surface area contributed by atoms with Crippen molar-refractivity contribution in [3.63, 3.8) is 0 Å². The first-order chi connectivity index (χ1) is 6.16. The summed E-state index contributed by atoms with van der Waals surface area (Å²) in [5.74, 6) is -0.113. The summed E-state index contributed by atoms with van der Waals surface area (Å²) in [5.41, 5.74) is 5.63. The van der Waals surface area contributed by atoms with E-state index in [9.17, 15) is 4.79 Å². The summed E-state index contributed by atoms with van der Waals surface area (Å²) in [5, 5.41) is 0.761. The van der Waals surface area contributed by atoms with Crippen molar-refractivity contribution in [3.05, 3.63) is 33.8 Å². The second kappa shape index (κ2) is 4.61. The van der Waals surface area contributed by atoms with Gasteiger partial charge in [-0.2, -0.15) is 0 Å². The average molecular weight is 218 g/mol. The molecule has 0 amide bonds. The van der Waals surface area contributed by atoms with Crippen molar-refractivity contribution in [1.82, 2.24) is 0 Å². The number of rotatable bonds is 3. The molecule has 4 heteroatoms. The monoisotopic (exact) mass is 217 g/mol. The molecular formula is C9H9Cl2NO. The van der Waals surface area contributed by atoms with E-state index < -0.39 is 0 Å². The highest BCUT2D eigenvalue weighted by atomic mass is 35.5. The largest absolute Gasteiger partial charge is 0.330 e. The minimum atomic E-state index is -0.113. The fraction of sp³-hybridized carbons (Fsp3) is 0.222. The van der Waals surface area contributed by atoms with Crippen molar-refractivity contribution in [2.45, 2.75) is 6.42 Å². The lowest BCUT2D eigenvalue weighted by atomic mass is 10.1. The SMILES string of the molecule is NCCC(=O)c1c(Cl)cccc1Cl. The lowest BCUT2D eigenvalue weighted by Gasteiger charge is -2.03. The lowest BCUT2D eigenvalue weighted by molar-refractivity contribution is 0.0986. The van der Waals surface area contributed by atoms with Crippen LogP contribution in [0.15, 0.2) is 18.2 Å². The summed E-state index contributed by atoms with van der Waals surface area (Å²) in [6, 6.07) is 4.97. The minimum Gasteiger partial charge on any atom is -0.330 e. The molecule has 0 heterocycles. The van der Waals surface area contributed by atoms with Gasteiger partial charge in [0.2, 0.25) is 0 Å². The Labute approximate surface area is 86.6 Å². The zero-order valence-corrected chi connectivity index (χ0v) is 8.40. The molecule has 0 fully saturated rings. The molecule has 0 aliphatic carbocycles. The van der Waals surface area contributed by atoms with E-state index in [0.29, 0.717) is 22.2 Å². The van der Waals surface area contributed by atoms with E-state index in [0.717, 1.165) is 0 Å². The molecule has 0 saturated carbocycles. The Morgan fingerprint density at radius 3 is 2.31 bits per heavy atom. The summed E-state index contributed by atoms with van der Waals surface area (Å²) < 4.78 is 0. The third-order valence-corrected chi connectivity index (χ3v) is 2.24. The fourth-order valence-corrected chi connectivity index (χ4v) is 1.63. The van der Waals surface area contributed by atoms with Crippen molar-refractivity contribution in [3.8, 4) is 0 Å². The standard InChI is InChI=1S/C9H9Cl2NO/c10-6-2-1-3-7(11)9(6)8(13)4-5-12/h1-3H,4-5,12H2. The topological polar surface area (TPSA) is 43.1 Å². The van der Waals surface area contributed by atoms with Gasteiger partial charge in [-0.25, -0.2) is 0 Å². The Morgan fingerprint density at radius 2 is 1.85 bits per heavy atom. The first-order valence-electron chi connectivity index (χ1n) is 3.84. The van der Waals surface area contributed by atoms with Crippen LogP contribution in [0.5, 0.6) is 0 Å². The van der Waals surface area contributed by atoms with Crippen molar-refractivity contribution < 1.29 is 4.79 Å². The first kappa shape index (κ1) is 10.5. The number of benzene rings is 1. The van der Waals surface area contributed by atoms with Crippen LogP contribution in [0.2, 0.25) is 10.0 Å². The second-order valence-electron chi connectivity index (χ2n) is 2.56. The van der Waals surface area contributed by atoms with Crippen molar-refractivity contribution >= 4 is 29.0 Å². The smallest absolute Gasteiger partial charge is 0.167 e. The predicted octanol–water partition coefficient (Wildman–Crippen LogP) is 2.52. The van der Waals surface area contributed by atoms with Crippen molar-refractivity contribution in [2.75, 3.05) is 6.54 Å². The Kier molecular flexibility index (Phi) is 3.72. The van der Waals surface area contributed by atoms with Gasteiger partial charge < -0.3 is 5.73 Å². The van der Waals surface area contributed by atoms with Gasteiger partial charge in [0.05, 0.1) is 15.6 Å². The fourth-order valence-electron chi connectivity index (χ4n) is 1.02. The Balaban J connectivity index is 3.05. The number of nitrogens with two attached hydrogens (primary N) is 1. The number of carbonyl (C=O) groups excluding carboxylic acids is 1. The van der Waals surface area contributed by atoms with Gasteiger partial charge in [-0.3, -0.25) is 4.79 Å². The van der Waals surface area contributed by atoms with Gasteiger partial charge in [0.25, 0.3) is 0 Å². The molecule has 0 spiro atoms. The molecule has 0 radical (unpaired) electrons. The van der Waals surface area contributed by atoms with Gasteiger partial charge in [0.15, 0.2) is 5.78 Å². The molecule has 0 saturated heterocycles. The van der Waals surface area contributed by atoms with E-state index >= 15 is 0 Å². The van der Waals surface area contributed by atoms with Crippen LogP contribution in [0.3, 0.4) is 0 Å². The van der Waals surface area contributed by atoms with Gasteiger partial charge >= 0.3 is 0 Å². The number of Topliss-reactive ketones (excluding diaryl/α,β-unsaturated/α-hetero) is 1. The maximum Gasteiger partial charge on any atom is 0.167 e. The molecular weight excluding hydrogens is 209 g/mol. The molecule has 0 bridgehead atoms. The van der Waals surface area contributed by atoms with Crippen molar-refractivity contribution in [1.29, 1.82) is 0 Å². The van der Waals surface area contributed by atoms with Crippen LogP contribution < -0.4 is 5.73 Å². The quantitative estimate of drug-likeness (QED) is 0.792. The molecule has 1 aromatic carbocycles. The molecule has 0 atom stereocenters. The maximum atomic E-state index is 11.4. The maximum absolute atomic E-state index is 11.4. The molecule has 0 unspecified atom stereocenters. The minimum absolute atomic E-state index is 0.113. The molecule has 0 aliphatic heterocycles. The van der Waals surface area contributed by atoms with Crippen LogP contribution in [0, 0.1) is 0 Å². The van der Waals surface area contributed by atoms with Crippen LogP contribution in [-0.4, -0.2) is 12.3 Å². The summed E-state index contributed by atoms with van der Waals surface area (Å²) >= 11 is 11.6. The molecule has 0 aromatic heterocycles. The molecule has 2 nitrogen and oxygen atoms in total. The third kappa shape index (κ3) is 2.44. The van der Waals surface area contributed by atoms with Crippen molar-refractivity contribution in [2.24, 2.45) is 5.73 Å². The highest BCUT2D eigenvalue weighted by molar-refractivity contribution is 6.39. The third-order valence-electron chi connectivity index (χ3n) is 1.61. The molecule has 1 aromatic rings. The Hall–Kier alpha value is -0.570. The normalized spacial score (nSPS) is 10.1. The van der Waals surface area contributed by atoms with Gasteiger partial charge in [-0.1, -0.05) is 29.3 Å². The van der Waals surface area contributed by atoms with Gasteiger partial charge in [-0.05, 0) is 18.7 Å². The van der Waals surface area contributed by atoms with E-state index in [4.69, 9.17) is 28.9 Å². The van der Waals surface area contributed by atoms with Crippen LogP contribution >= 0.6 is 23.2 Å². The second-order valence-corrected chi connectivity index (χ2v) is 3.37. The van der Waals surface area contributed by atoms with Crippen LogP contribution in [0.4, 0.5) is 0 Å². The highest BCUT2D eigenvalue weighted by Crippen LogP contribution is 2.25. The summed E-state index contributed by atoms with van der Waals surface area (Å²) in [7, 11) is 0. The van der Waals surface area contributed by atoms with E-state index in [2.05, 4.69) is 0 Å². The van der Waals surface area contributed by atoms with Gasteiger partial charge in [0.1, 0.15) is 0 Å². The lowest BCUT2D eigenvalue weighted by Crippen LogP contribution is -2.09.